The number of aromatic carboxylic acids is 1. The molecule has 0 aliphatic carbocycles. The van der Waals surface area contributed by atoms with Gasteiger partial charge in [0.2, 0.25) is 0 Å². The molecule has 1 aromatic heterocycles. The van der Waals surface area contributed by atoms with Crippen LogP contribution in [0.25, 0.3) is 22.0 Å². The number of hydrogen-bond donors (Lipinski definition) is 4. The lowest BCUT2D eigenvalue weighted by atomic mass is 9.93. The molecule has 1 saturated heterocycles. The summed E-state index contributed by atoms with van der Waals surface area (Å²) in [6, 6.07) is 8.83. The van der Waals surface area contributed by atoms with E-state index in [1.807, 2.05) is 19.9 Å². The summed E-state index contributed by atoms with van der Waals surface area (Å²) in [5.74, 6) is 3.02. The van der Waals surface area contributed by atoms with Crippen molar-refractivity contribution < 1.29 is 32.2 Å². The standard InChI is InChI=1S/C27H33FN4O6S/c1-4-10-27(11-12-30-29)15-32(26(35)38-27)16(2)19-6-5-7-20-22(24(25(33)34)31-23(19)20)17-8-9-18(21(28)13-17)14-39(3,36)37/h5-9,13,16,30-31H,4,10-12,14-15,29H2,1-3H3,(H,33,34)/t16-,27?/m0/s1. The van der Waals surface area contributed by atoms with E-state index in [1.54, 1.807) is 17.0 Å². The summed E-state index contributed by atoms with van der Waals surface area (Å²) in [4.78, 5) is 29.9. The molecule has 12 heteroatoms. The van der Waals surface area contributed by atoms with E-state index < -0.39 is 45.1 Å². The molecule has 1 amide bonds. The van der Waals surface area contributed by atoms with E-state index in [0.717, 1.165) is 18.7 Å². The molecule has 0 saturated carbocycles. The van der Waals surface area contributed by atoms with Gasteiger partial charge in [-0.2, -0.15) is 0 Å². The third-order valence-corrected chi connectivity index (χ3v) is 8.02. The van der Waals surface area contributed by atoms with Crippen molar-refractivity contribution in [2.45, 2.75) is 50.5 Å². The zero-order valence-electron chi connectivity index (χ0n) is 22.1. The topological polar surface area (TPSA) is 155 Å². The van der Waals surface area contributed by atoms with Gasteiger partial charge in [-0.3, -0.25) is 16.2 Å². The number of aromatic nitrogens is 1. The van der Waals surface area contributed by atoms with Gasteiger partial charge in [-0.25, -0.2) is 22.4 Å². The molecule has 5 N–H and O–H groups in total. The molecule has 2 aromatic carbocycles. The highest BCUT2D eigenvalue weighted by atomic mass is 32.2. The molecule has 4 rings (SSSR count). The van der Waals surface area contributed by atoms with Crippen LogP contribution < -0.4 is 11.3 Å². The number of hydrogen-bond acceptors (Lipinski definition) is 7. The Balaban J connectivity index is 1.77. The molecule has 0 spiro atoms. The number of halogens is 1. The minimum Gasteiger partial charge on any atom is -0.477 e. The number of para-hydroxylation sites is 1. The maximum absolute atomic E-state index is 14.9. The van der Waals surface area contributed by atoms with Gasteiger partial charge in [-0.05, 0) is 30.5 Å². The van der Waals surface area contributed by atoms with Crippen LogP contribution in [0.5, 0.6) is 0 Å². The van der Waals surface area contributed by atoms with Gasteiger partial charge in [0.1, 0.15) is 17.1 Å². The van der Waals surface area contributed by atoms with Crippen molar-refractivity contribution in [2.75, 3.05) is 19.3 Å². The van der Waals surface area contributed by atoms with Crippen molar-refractivity contribution in [3.63, 3.8) is 0 Å². The highest BCUT2D eigenvalue weighted by Gasteiger charge is 2.46. The maximum atomic E-state index is 14.9. The Bertz CT molecular complexity index is 1520. The predicted octanol–water partition coefficient (Wildman–Crippen LogP) is 4.12. The lowest BCUT2D eigenvalue weighted by Gasteiger charge is -2.28. The number of carboxylic acids is 1. The van der Waals surface area contributed by atoms with Crippen molar-refractivity contribution in [2.24, 2.45) is 5.84 Å². The quantitative estimate of drug-likeness (QED) is 0.202. The SMILES string of the molecule is CCCC1(CCNN)CN([C@@H](C)c2cccc3c(-c4ccc(CS(C)(=O)=O)c(F)c4)c(C(=O)O)[nH]c23)C(=O)O1. The summed E-state index contributed by atoms with van der Waals surface area (Å²) in [7, 11) is -3.46. The summed E-state index contributed by atoms with van der Waals surface area (Å²) in [6.07, 6.45) is 2.59. The third kappa shape index (κ3) is 5.77. The zero-order chi connectivity index (χ0) is 28.5. The number of carbonyl (C=O) groups is 2. The van der Waals surface area contributed by atoms with Crippen LogP contribution in [-0.2, 0) is 20.3 Å². The molecule has 210 valence electrons. The van der Waals surface area contributed by atoms with Crippen LogP contribution in [0.2, 0.25) is 0 Å². The molecule has 1 aliphatic heterocycles. The summed E-state index contributed by atoms with van der Waals surface area (Å²) in [5.41, 5.74) is 3.54. The number of carboxylic acid groups (broad SMARTS) is 1. The van der Waals surface area contributed by atoms with Crippen LogP contribution in [0.15, 0.2) is 36.4 Å². The molecule has 10 nitrogen and oxygen atoms in total. The second kappa shape index (κ2) is 10.9. The van der Waals surface area contributed by atoms with Crippen LogP contribution in [0.3, 0.4) is 0 Å². The highest BCUT2D eigenvalue weighted by Crippen LogP contribution is 2.40. The summed E-state index contributed by atoms with van der Waals surface area (Å²) in [5, 5.41) is 10.5. The third-order valence-electron chi connectivity index (χ3n) is 7.18. The van der Waals surface area contributed by atoms with E-state index in [2.05, 4.69) is 10.4 Å². The number of rotatable bonds is 11. The van der Waals surface area contributed by atoms with Crippen molar-refractivity contribution in [3.8, 4) is 11.1 Å². The molecule has 2 atom stereocenters. The average Bonchev–Trinajstić information content (AvgIpc) is 3.41. The van der Waals surface area contributed by atoms with E-state index in [4.69, 9.17) is 10.6 Å². The van der Waals surface area contributed by atoms with Crippen molar-refractivity contribution in [3.05, 3.63) is 59.0 Å². The fourth-order valence-corrected chi connectivity index (χ4v) is 6.20. The largest absolute Gasteiger partial charge is 0.477 e. The number of ether oxygens (including phenoxy) is 1. The first-order chi connectivity index (χ1) is 18.4. The van der Waals surface area contributed by atoms with Gasteiger partial charge in [0.15, 0.2) is 9.84 Å². The molecule has 1 aliphatic rings. The monoisotopic (exact) mass is 560 g/mol. The number of nitrogens with one attached hydrogen (secondary N) is 2. The summed E-state index contributed by atoms with van der Waals surface area (Å²) in [6.45, 7) is 4.69. The normalized spacial score (nSPS) is 18.5. The van der Waals surface area contributed by atoms with Gasteiger partial charge < -0.3 is 14.8 Å². The van der Waals surface area contributed by atoms with Gasteiger partial charge in [0.25, 0.3) is 0 Å². The molecule has 39 heavy (non-hydrogen) atoms. The number of cyclic esters (lactones) is 1. The van der Waals surface area contributed by atoms with Crippen LogP contribution >= 0.6 is 0 Å². The van der Waals surface area contributed by atoms with Crippen molar-refractivity contribution in [1.29, 1.82) is 0 Å². The number of nitrogens with zero attached hydrogens (tertiary/aromatic N) is 1. The van der Waals surface area contributed by atoms with E-state index in [-0.39, 0.29) is 22.4 Å². The molecular weight excluding hydrogens is 527 g/mol. The van der Waals surface area contributed by atoms with Crippen molar-refractivity contribution >= 4 is 32.8 Å². The number of hydrazine groups is 1. The van der Waals surface area contributed by atoms with Crippen LogP contribution in [0, 0.1) is 5.82 Å². The first kappa shape index (κ1) is 28.5. The van der Waals surface area contributed by atoms with Gasteiger partial charge in [0.05, 0.1) is 23.9 Å². The number of aromatic amines is 1. The molecule has 2 heterocycles. The summed E-state index contributed by atoms with van der Waals surface area (Å²) >= 11 is 0. The second-order valence-electron chi connectivity index (χ2n) is 10.1. The van der Waals surface area contributed by atoms with Crippen LogP contribution in [0.4, 0.5) is 9.18 Å². The average molecular weight is 561 g/mol. The Morgan fingerprint density at radius 3 is 2.67 bits per heavy atom. The fraction of sp³-hybridized carbons (Fsp3) is 0.407. The Kier molecular flexibility index (Phi) is 8.01. The molecule has 3 aromatic rings. The number of nitrogens with two attached hydrogens (primary N) is 1. The number of sulfone groups is 1. The Hall–Kier alpha value is -3.48. The summed E-state index contributed by atoms with van der Waals surface area (Å²) < 4.78 is 44.1. The Morgan fingerprint density at radius 1 is 1.31 bits per heavy atom. The van der Waals surface area contributed by atoms with Gasteiger partial charge >= 0.3 is 12.1 Å². The minimum atomic E-state index is -3.46. The van der Waals surface area contributed by atoms with Gasteiger partial charge in [-0.15, -0.1) is 0 Å². The number of benzene rings is 2. The van der Waals surface area contributed by atoms with E-state index in [9.17, 15) is 27.5 Å². The maximum Gasteiger partial charge on any atom is 0.411 e. The zero-order valence-corrected chi connectivity index (χ0v) is 22.9. The fourth-order valence-electron chi connectivity index (χ4n) is 5.41. The smallest absolute Gasteiger partial charge is 0.411 e. The Labute approximate surface area is 226 Å². The van der Waals surface area contributed by atoms with Gasteiger partial charge in [-0.1, -0.05) is 43.7 Å². The lowest BCUT2D eigenvalue weighted by Crippen LogP contribution is -2.39. The molecular formula is C27H33FN4O6S. The van der Waals surface area contributed by atoms with E-state index in [0.29, 0.717) is 42.4 Å². The van der Waals surface area contributed by atoms with E-state index in [1.165, 1.54) is 12.1 Å². The lowest BCUT2D eigenvalue weighted by molar-refractivity contribution is 0.0420. The predicted molar refractivity (Wildman–Crippen MR) is 145 cm³/mol. The number of fused-ring (bicyclic) bond motifs is 1. The highest BCUT2D eigenvalue weighted by molar-refractivity contribution is 7.89. The number of carbonyl (C=O) groups excluding carboxylic acids is 1. The first-order valence-electron chi connectivity index (χ1n) is 12.7. The Morgan fingerprint density at radius 2 is 2.05 bits per heavy atom. The molecule has 0 radical (unpaired) electrons. The van der Waals surface area contributed by atoms with Gasteiger partial charge in [0, 0.05) is 35.7 Å². The second-order valence-corrected chi connectivity index (χ2v) is 12.3. The first-order valence-corrected chi connectivity index (χ1v) is 14.7. The number of H-pyrrole nitrogens is 1. The van der Waals surface area contributed by atoms with Crippen LogP contribution in [-0.4, -0.2) is 60.4 Å². The van der Waals surface area contributed by atoms with Crippen molar-refractivity contribution in [1.82, 2.24) is 15.3 Å². The van der Waals surface area contributed by atoms with Crippen LogP contribution in [0.1, 0.15) is 60.8 Å². The molecule has 0 bridgehead atoms. The molecule has 1 fully saturated rings. The van der Waals surface area contributed by atoms with E-state index >= 15 is 0 Å². The number of amides is 1. The minimum absolute atomic E-state index is 0.000205. The molecule has 1 unspecified atom stereocenters.